The van der Waals surface area contributed by atoms with Crippen molar-refractivity contribution in [3.8, 4) is 5.75 Å². The maximum atomic E-state index is 12.1. The van der Waals surface area contributed by atoms with Crippen molar-refractivity contribution in [2.24, 2.45) is 0 Å². The molecule has 16 heavy (non-hydrogen) atoms. The van der Waals surface area contributed by atoms with Gasteiger partial charge in [0.25, 0.3) is 0 Å². The first kappa shape index (κ1) is 13.3. The van der Waals surface area contributed by atoms with Crippen LogP contribution >= 0.6 is 11.6 Å². The van der Waals surface area contributed by atoms with E-state index in [9.17, 15) is 4.39 Å². The Balaban J connectivity index is 2.76. The average molecular weight is 246 g/mol. The standard InChI is InChI=1S/C12H17ClFNO/c1-9(2)15-8-10-4-3-5-11(13)12(10)16-7-6-14/h3-5,9,15H,6-8H2,1-2H3. The zero-order chi connectivity index (χ0) is 12.0. The van der Waals surface area contributed by atoms with E-state index in [-0.39, 0.29) is 6.61 Å². The van der Waals surface area contributed by atoms with Gasteiger partial charge in [-0.1, -0.05) is 37.6 Å². The number of para-hydroxylation sites is 1. The van der Waals surface area contributed by atoms with Crippen molar-refractivity contribution in [1.29, 1.82) is 0 Å². The normalized spacial score (nSPS) is 10.8. The number of hydrogen-bond acceptors (Lipinski definition) is 2. The molecule has 0 aromatic heterocycles. The summed E-state index contributed by atoms with van der Waals surface area (Å²) in [6.45, 7) is 4.32. The van der Waals surface area contributed by atoms with Crippen molar-refractivity contribution in [1.82, 2.24) is 5.32 Å². The SMILES string of the molecule is CC(C)NCc1cccc(Cl)c1OCCF. The van der Waals surface area contributed by atoms with Gasteiger partial charge in [-0.05, 0) is 6.07 Å². The summed E-state index contributed by atoms with van der Waals surface area (Å²) in [4.78, 5) is 0. The van der Waals surface area contributed by atoms with Crippen LogP contribution in [0.15, 0.2) is 18.2 Å². The Kier molecular flexibility index (Phi) is 5.56. The van der Waals surface area contributed by atoms with E-state index in [1.54, 1.807) is 6.07 Å². The highest BCUT2D eigenvalue weighted by atomic mass is 35.5. The summed E-state index contributed by atoms with van der Waals surface area (Å²) in [5.41, 5.74) is 0.953. The molecule has 1 aromatic rings. The van der Waals surface area contributed by atoms with Gasteiger partial charge in [0.2, 0.25) is 0 Å². The van der Waals surface area contributed by atoms with E-state index in [0.29, 0.717) is 23.4 Å². The Bertz CT molecular complexity index is 331. The monoisotopic (exact) mass is 245 g/mol. The van der Waals surface area contributed by atoms with E-state index in [4.69, 9.17) is 16.3 Å². The van der Waals surface area contributed by atoms with Gasteiger partial charge in [0.05, 0.1) is 5.02 Å². The molecule has 0 aliphatic carbocycles. The van der Waals surface area contributed by atoms with Crippen molar-refractivity contribution in [2.75, 3.05) is 13.3 Å². The highest BCUT2D eigenvalue weighted by Crippen LogP contribution is 2.28. The van der Waals surface area contributed by atoms with E-state index in [1.165, 1.54) is 0 Å². The minimum Gasteiger partial charge on any atom is -0.489 e. The van der Waals surface area contributed by atoms with Gasteiger partial charge < -0.3 is 10.1 Å². The summed E-state index contributed by atoms with van der Waals surface area (Å²) in [6, 6.07) is 5.91. The van der Waals surface area contributed by atoms with Crippen LogP contribution in [0.4, 0.5) is 4.39 Å². The third-order valence-electron chi connectivity index (χ3n) is 2.07. The van der Waals surface area contributed by atoms with Crippen LogP contribution in [0.3, 0.4) is 0 Å². The predicted octanol–water partition coefficient (Wildman–Crippen LogP) is 3.19. The topological polar surface area (TPSA) is 21.3 Å². The lowest BCUT2D eigenvalue weighted by molar-refractivity contribution is 0.270. The summed E-state index contributed by atoms with van der Waals surface area (Å²) in [5.74, 6) is 0.579. The molecule has 0 saturated carbocycles. The molecule has 4 heteroatoms. The van der Waals surface area contributed by atoms with E-state index in [1.807, 2.05) is 12.1 Å². The molecule has 0 radical (unpaired) electrons. The van der Waals surface area contributed by atoms with Crippen LogP contribution in [-0.2, 0) is 6.54 Å². The lowest BCUT2D eigenvalue weighted by atomic mass is 10.2. The molecule has 0 amide bonds. The summed E-state index contributed by atoms with van der Waals surface area (Å²) in [5, 5.41) is 3.80. The summed E-state index contributed by atoms with van der Waals surface area (Å²) in [7, 11) is 0. The number of halogens is 2. The van der Waals surface area contributed by atoms with E-state index in [2.05, 4.69) is 19.2 Å². The van der Waals surface area contributed by atoms with Gasteiger partial charge in [0.15, 0.2) is 0 Å². The maximum absolute atomic E-state index is 12.1. The third-order valence-corrected chi connectivity index (χ3v) is 2.37. The molecule has 0 aliphatic heterocycles. The zero-order valence-electron chi connectivity index (χ0n) is 9.59. The lowest BCUT2D eigenvalue weighted by Crippen LogP contribution is -2.22. The first-order valence-electron chi connectivity index (χ1n) is 5.34. The molecule has 2 nitrogen and oxygen atoms in total. The first-order chi connectivity index (χ1) is 7.65. The molecule has 90 valence electrons. The van der Waals surface area contributed by atoms with Crippen LogP contribution in [0.1, 0.15) is 19.4 Å². The van der Waals surface area contributed by atoms with Crippen LogP contribution < -0.4 is 10.1 Å². The smallest absolute Gasteiger partial charge is 0.142 e. The van der Waals surface area contributed by atoms with E-state index in [0.717, 1.165) is 5.56 Å². The highest BCUT2D eigenvalue weighted by Gasteiger charge is 2.08. The third kappa shape index (κ3) is 3.99. The Hall–Kier alpha value is -0.800. The molecule has 0 aliphatic rings. The molecule has 0 spiro atoms. The quantitative estimate of drug-likeness (QED) is 0.831. The first-order valence-corrected chi connectivity index (χ1v) is 5.72. The van der Waals surface area contributed by atoms with Crippen molar-refractivity contribution < 1.29 is 9.13 Å². The highest BCUT2D eigenvalue weighted by molar-refractivity contribution is 6.32. The van der Waals surface area contributed by atoms with Crippen LogP contribution in [-0.4, -0.2) is 19.3 Å². The second-order valence-electron chi connectivity index (χ2n) is 3.80. The molecule has 0 saturated heterocycles. The average Bonchev–Trinajstić information content (AvgIpc) is 2.25. The number of rotatable bonds is 6. The number of nitrogens with one attached hydrogen (secondary N) is 1. The summed E-state index contributed by atoms with van der Waals surface area (Å²) < 4.78 is 17.4. The van der Waals surface area contributed by atoms with E-state index >= 15 is 0 Å². The van der Waals surface area contributed by atoms with Crippen molar-refractivity contribution >= 4 is 11.6 Å². The number of alkyl halides is 1. The van der Waals surface area contributed by atoms with Gasteiger partial charge in [0.1, 0.15) is 19.0 Å². The molecule has 1 aromatic carbocycles. The second-order valence-corrected chi connectivity index (χ2v) is 4.21. The molecular weight excluding hydrogens is 229 g/mol. The summed E-state index contributed by atoms with van der Waals surface area (Å²) in [6.07, 6.45) is 0. The fourth-order valence-electron chi connectivity index (χ4n) is 1.31. The molecular formula is C12H17ClFNO. The molecule has 0 heterocycles. The number of benzene rings is 1. The van der Waals surface area contributed by atoms with Gasteiger partial charge in [-0.25, -0.2) is 4.39 Å². The Morgan fingerprint density at radius 3 is 2.81 bits per heavy atom. The molecule has 1 rings (SSSR count). The van der Waals surface area contributed by atoms with Gasteiger partial charge in [0, 0.05) is 18.2 Å². The number of hydrogen-bond donors (Lipinski definition) is 1. The number of ether oxygens (including phenoxy) is 1. The van der Waals surface area contributed by atoms with E-state index < -0.39 is 6.67 Å². The minimum absolute atomic E-state index is 0.0401. The van der Waals surface area contributed by atoms with Crippen molar-refractivity contribution in [3.05, 3.63) is 28.8 Å². The molecule has 0 bridgehead atoms. The summed E-state index contributed by atoms with van der Waals surface area (Å²) >= 11 is 6.01. The van der Waals surface area contributed by atoms with Gasteiger partial charge in [-0.3, -0.25) is 0 Å². The van der Waals surface area contributed by atoms with Gasteiger partial charge in [-0.15, -0.1) is 0 Å². The van der Waals surface area contributed by atoms with Gasteiger partial charge >= 0.3 is 0 Å². The second kappa shape index (κ2) is 6.71. The van der Waals surface area contributed by atoms with Crippen LogP contribution in [0.25, 0.3) is 0 Å². The fourth-order valence-corrected chi connectivity index (χ4v) is 1.56. The van der Waals surface area contributed by atoms with Crippen molar-refractivity contribution in [2.45, 2.75) is 26.4 Å². The lowest BCUT2D eigenvalue weighted by Gasteiger charge is -2.14. The maximum Gasteiger partial charge on any atom is 0.142 e. The Morgan fingerprint density at radius 2 is 2.19 bits per heavy atom. The largest absolute Gasteiger partial charge is 0.489 e. The van der Waals surface area contributed by atoms with Crippen LogP contribution in [0.5, 0.6) is 5.75 Å². The molecule has 0 atom stereocenters. The van der Waals surface area contributed by atoms with Crippen molar-refractivity contribution in [3.63, 3.8) is 0 Å². The zero-order valence-corrected chi connectivity index (χ0v) is 10.4. The molecule has 1 N–H and O–H groups in total. The Labute approximate surface area is 101 Å². The van der Waals surface area contributed by atoms with Gasteiger partial charge in [-0.2, -0.15) is 0 Å². The molecule has 0 fully saturated rings. The van der Waals surface area contributed by atoms with Crippen LogP contribution in [0.2, 0.25) is 5.02 Å². The van der Waals surface area contributed by atoms with Crippen LogP contribution in [0, 0.1) is 0 Å². The Morgan fingerprint density at radius 1 is 1.44 bits per heavy atom. The predicted molar refractivity (Wildman–Crippen MR) is 64.9 cm³/mol. The fraction of sp³-hybridized carbons (Fsp3) is 0.500. The minimum atomic E-state index is -0.512. The molecule has 0 unspecified atom stereocenters.